The average molecular weight is 387 g/mol. The molecule has 0 aliphatic rings. The largest absolute Gasteiger partial charge is 0.344 e. The summed E-state index contributed by atoms with van der Waals surface area (Å²) in [5.41, 5.74) is 0. The number of unbranched alkanes of at least 4 members (excludes halogenated alkanes) is 4. The Morgan fingerprint density at radius 1 is 0.815 bits per heavy atom. The Morgan fingerprint density at radius 2 is 1.37 bits per heavy atom. The van der Waals surface area contributed by atoms with Gasteiger partial charge >= 0.3 is 0 Å². The third-order valence-electron chi connectivity index (χ3n) is 4.41. The molecular formula is C21H39FN2O3. The van der Waals surface area contributed by atoms with Crippen LogP contribution in [0.5, 0.6) is 0 Å². The van der Waals surface area contributed by atoms with E-state index in [1.54, 1.807) is 0 Å². The zero-order valence-electron chi connectivity index (χ0n) is 17.8. The second kappa shape index (κ2) is 14.6. The molecule has 0 rings (SSSR count). The zero-order chi connectivity index (χ0) is 20.8. The van der Waals surface area contributed by atoms with Crippen LogP contribution in [0.3, 0.4) is 0 Å². The van der Waals surface area contributed by atoms with Crippen molar-refractivity contribution >= 4 is 17.6 Å². The van der Waals surface area contributed by atoms with Crippen molar-refractivity contribution in [3.05, 3.63) is 0 Å². The second-order valence-electron chi connectivity index (χ2n) is 8.20. The molecule has 2 atom stereocenters. The topological polar surface area (TPSA) is 75.3 Å². The van der Waals surface area contributed by atoms with Gasteiger partial charge in [-0.05, 0) is 31.1 Å². The van der Waals surface area contributed by atoms with Gasteiger partial charge in [-0.15, -0.1) is 0 Å². The number of amides is 2. The number of carbonyl (C=O) groups excluding carboxylic acids is 3. The van der Waals surface area contributed by atoms with Crippen LogP contribution >= 0.6 is 0 Å². The van der Waals surface area contributed by atoms with Crippen molar-refractivity contribution in [3.8, 4) is 0 Å². The lowest BCUT2D eigenvalue weighted by molar-refractivity contribution is -0.132. The van der Waals surface area contributed by atoms with Crippen LogP contribution in [0, 0.1) is 11.8 Å². The van der Waals surface area contributed by atoms with Crippen LogP contribution in [0.15, 0.2) is 0 Å². The minimum absolute atomic E-state index is 0.145. The predicted octanol–water partition coefficient (Wildman–Crippen LogP) is 3.95. The Balaban J connectivity index is 4.77. The summed E-state index contributed by atoms with van der Waals surface area (Å²) in [6.07, 6.45) is 6.49. The summed E-state index contributed by atoms with van der Waals surface area (Å²) in [6, 6.07) is -1.54. The highest BCUT2D eigenvalue weighted by Gasteiger charge is 2.27. The van der Waals surface area contributed by atoms with Crippen LogP contribution in [0.25, 0.3) is 0 Å². The average Bonchev–Trinajstić information content (AvgIpc) is 2.58. The van der Waals surface area contributed by atoms with Crippen molar-refractivity contribution in [2.45, 2.75) is 98.1 Å². The first-order valence-electron chi connectivity index (χ1n) is 10.4. The van der Waals surface area contributed by atoms with E-state index in [1.165, 1.54) is 6.42 Å². The van der Waals surface area contributed by atoms with Gasteiger partial charge in [0.15, 0.2) is 5.78 Å². The molecule has 0 aromatic heterocycles. The first kappa shape index (κ1) is 25.5. The number of carbonyl (C=O) groups is 3. The van der Waals surface area contributed by atoms with E-state index in [-0.39, 0.29) is 17.7 Å². The molecule has 0 aliphatic carbocycles. The molecule has 0 radical (unpaired) electrons. The molecule has 2 amide bonds. The molecule has 0 aromatic rings. The van der Waals surface area contributed by atoms with E-state index >= 15 is 0 Å². The lowest BCUT2D eigenvalue weighted by atomic mass is 9.98. The molecule has 0 unspecified atom stereocenters. The van der Waals surface area contributed by atoms with Gasteiger partial charge in [0.1, 0.15) is 12.7 Å². The maximum atomic E-state index is 12.8. The highest BCUT2D eigenvalue weighted by atomic mass is 19.1. The molecule has 158 valence electrons. The van der Waals surface area contributed by atoms with Crippen LogP contribution in [0.1, 0.15) is 86.0 Å². The second-order valence-corrected chi connectivity index (χ2v) is 8.20. The smallest absolute Gasteiger partial charge is 0.243 e. The Kier molecular flexibility index (Phi) is 13.8. The van der Waals surface area contributed by atoms with E-state index in [0.29, 0.717) is 19.3 Å². The van der Waals surface area contributed by atoms with Crippen LogP contribution in [0.2, 0.25) is 0 Å². The Hall–Kier alpha value is -1.46. The van der Waals surface area contributed by atoms with Crippen molar-refractivity contribution in [1.29, 1.82) is 0 Å². The summed E-state index contributed by atoms with van der Waals surface area (Å²) in [5.74, 6) is -0.833. The summed E-state index contributed by atoms with van der Waals surface area (Å²) < 4.78 is 12.8. The van der Waals surface area contributed by atoms with E-state index in [1.807, 2.05) is 27.7 Å². The number of alkyl halides is 1. The molecule has 2 N–H and O–H groups in total. The number of rotatable bonds is 15. The van der Waals surface area contributed by atoms with Crippen molar-refractivity contribution in [1.82, 2.24) is 10.6 Å². The molecule has 0 saturated heterocycles. The molecule has 0 spiro atoms. The molecule has 5 nitrogen and oxygen atoms in total. The minimum atomic E-state index is -1.10. The number of hydrogen-bond donors (Lipinski definition) is 2. The van der Waals surface area contributed by atoms with Crippen molar-refractivity contribution < 1.29 is 18.8 Å². The van der Waals surface area contributed by atoms with Gasteiger partial charge in [0.25, 0.3) is 0 Å². The molecular weight excluding hydrogens is 347 g/mol. The number of ketones is 1. The fourth-order valence-electron chi connectivity index (χ4n) is 2.97. The third kappa shape index (κ3) is 12.5. The predicted molar refractivity (Wildman–Crippen MR) is 107 cm³/mol. The molecule has 0 heterocycles. The lowest BCUT2D eigenvalue weighted by Crippen LogP contribution is -2.52. The van der Waals surface area contributed by atoms with Crippen LogP contribution in [-0.2, 0) is 14.4 Å². The standard InChI is InChI=1S/C21H39FN2O3/c1-6-7-8-9-10-11-20(26)23-18(13-16(4)5)21(27)24-17(12-15(2)3)19(25)14-22/h15-18H,6-14H2,1-5H3,(H,23,26)(H,24,27)/t17-,18-/m0/s1. The monoisotopic (exact) mass is 386 g/mol. The molecule has 6 heteroatoms. The number of halogens is 1. The fraction of sp³-hybridized carbons (Fsp3) is 0.857. The number of hydrogen-bond acceptors (Lipinski definition) is 3. The Labute approximate surface area is 164 Å². The fourth-order valence-corrected chi connectivity index (χ4v) is 2.97. The van der Waals surface area contributed by atoms with Crippen molar-refractivity contribution in [2.24, 2.45) is 11.8 Å². The van der Waals surface area contributed by atoms with Gasteiger partial charge in [0.2, 0.25) is 11.8 Å². The molecule has 0 fully saturated rings. The van der Waals surface area contributed by atoms with E-state index in [9.17, 15) is 18.8 Å². The van der Waals surface area contributed by atoms with Gasteiger partial charge in [-0.25, -0.2) is 4.39 Å². The summed E-state index contributed by atoms with van der Waals surface area (Å²) in [4.78, 5) is 36.6. The first-order chi connectivity index (χ1) is 12.7. The van der Waals surface area contributed by atoms with Crippen molar-refractivity contribution in [3.63, 3.8) is 0 Å². The number of Topliss-reactive ketones (excluding diaryl/α,β-unsaturated/α-hetero) is 1. The highest BCUT2D eigenvalue weighted by molar-refractivity contribution is 5.93. The number of nitrogens with one attached hydrogen (secondary N) is 2. The van der Waals surface area contributed by atoms with Crippen LogP contribution in [-0.4, -0.2) is 36.4 Å². The Morgan fingerprint density at radius 3 is 1.89 bits per heavy atom. The summed E-state index contributed by atoms with van der Waals surface area (Å²) >= 11 is 0. The first-order valence-corrected chi connectivity index (χ1v) is 10.4. The molecule has 0 saturated carbocycles. The van der Waals surface area contributed by atoms with Gasteiger partial charge < -0.3 is 10.6 Å². The summed E-state index contributed by atoms with van der Waals surface area (Å²) in [7, 11) is 0. The maximum Gasteiger partial charge on any atom is 0.243 e. The summed E-state index contributed by atoms with van der Waals surface area (Å²) in [6.45, 7) is 8.80. The maximum absolute atomic E-state index is 12.8. The minimum Gasteiger partial charge on any atom is -0.344 e. The van der Waals surface area contributed by atoms with E-state index in [2.05, 4.69) is 17.6 Å². The molecule has 0 aliphatic heterocycles. The van der Waals surface area contributed by atoms with Gasteiger partial charge in [-0.1, -0.05) is 60.3 Å². The van der Waals surface area contributed by atoms with Gasteiger partial charge in [0.05, 0.1) is 6.04 Å². The van der Waals surface area contributed by atoms with E-state index in [0.717, 1.165) is 25.7 Å². The Bertz CT molecular complexity index is 453. The highest BCUT2D eigenvalue weighted by Crippen LogP contribution is 2.10. The van der Waals surface area contributed by atoms with Gasteiger partial charge in [-0.2, -0.15) is 0 Å². The normalized spacial score (nSPS) is 13.5. The summed E-state index contributed by atoms with van der Waals surface area (Å²) in [5, 5.41) is 5.45. The van der Waals surface area contributed by atoms with Crippen molar-refractivity contribution in [2.75, 3.05) is 6.67 Å². The van der Waals surface area contributed by atoms with Gasteiger partial charge in [-0.3, -0.25) is 14.4 Å². The van der Waals surface area contributed by atoms with E-state index < -0.39 is 30.4 Å². The van der Waals surface area contributed by atoms with Gasteiger partial charge in [0, 0.05) is 6.42 Å². The molecule has 0 bridgehead atoms. The molecule has 0 aromatic carbocycles. The molecule has 27 heavy (non-hydrogen) atoms. The lowest BCUT2D eigenvalue weighted by Gasteiger charge is -2.24. The van der Waals surface area contributed by atoms with Crippen LogP contribution < -0.4 is 10.6 Å². The van der Waals surface area contributed by atoms with Crippen LogP contribution in [0.4, 0.5) is 4.39 Å². The van der Waals surface area contributed by atoms with E-state index in [4.69, 9.17) is 0 Å². The zero-order valence-corrected chi connectivity index (χ0v) is 17.8. The quantitative estimate of drug-likeness (QED) is 0.419. The third-order valence-corrected chi connectivity index (χ3v) is 4.41. The SMILES string of the molecule is CCCCCCCC(=O)N[C@@H](CC(C)C)C(=O)N[C@@H](CC(C)C)C(=O)CF.